The molecule has 188 valence electrons. The van der Waals surface area contributed by atoms with Crippen LogP contribution in [0.25, 0.3) is 43.9 Å². The lowest BCUT2D eigenvalue weighted by Gasteiger charge is -2.04. The van der Waals surface area contributed by atoms with E-state index in [1.807, 2.05) is 6.07 Å². The molecule has 0 aliphatic carbocycles. The van der Waals surface area contributed by atoms with Crippen molar-refractivity contribution in [2.24, 2.45) is 0 Å². The monoisotopic (exact) mass is 508 g/mol. The Kier molecular flexibility index (Phi) is 6.45. The SMILES string of the molecule is CC(=O)Oc1ccc2oc3ccccc3c(=O)c2c1.O=C(O)Cc1ccc2oc3ccccc3c(=O)c2c1. The van der Waals surface area contributed by atoms with Crippen molar-refractivity contribution in [1.29, 1.82) is 0 Å². The Morgan fingerprint density at radius 1 is 0.684 bits per heavy atom. The number of rotatable bonds is 3. The molecular weight excluding hydrogens is 488 g/mol. The van der Waals surface area contributed by atoms with Crippen molar-refractivity contribution in [2.45, 2.75) is 13.3 Å². The molecule has 0 saturated carbocycles. The summed E-state index contributed by atoms with van der Waals surface area (Å²) >= 11 is 0. The lowest BCUT2D eigenvalue weighted by molar-refractivity contribution is -0.136. The Balaban J connectivity index is 0.000000155. The van der Waals surface area contributed by atoms with Gasteiger partial charge in [-0.15, -0.1) is 0 Å². The van der Waals surface area contributed by atoms with Crippen molar-refractivity contribution in [1.82, 2.24) is 0 Å². The summed E-state index contributed by atoms with van der Waals surface area (Å²) in [6.07, 6.45) is -0.109. The second kappa shape index (κ2) is 10.0. The Morgan fingerprint density at radius 3 is 1.74 bits per heavy atom. The Labute approximate surface area is 214 Å². The number of fused-ring (bicyclic) bond motifs is 4. The summed E-state index contributed by atoms with van der Waals surface area (Å²) in [6, 6.07) is 23.7. The molecule has 4 aromatic carbocycles. The van der Waals surface area contributed by atoms with Gasteiger partial charge in [-0.1, -0.05) is 30.3 Å². The molecule has 6 aromatic rings. The third kappa shape index (κ3) is 4.87. The minimum absolute atomic E-state index is 0.109. The van der Waals surface area contributed by atoms with Crippen molar-refractivity contribution in [2.75, 3.05) is 0 Å². The van der Waals surface area contributed by atoms with Crippen LogP contribution in [0.3, 0.4) is 0 Å². The first-order valence-electron chi connectivity index (χ1n) is 11.6. The first-order valence-corrected chi connectivity index (χ1v) is 11.6. The Bertz CT molecular complexity index is 1840. The van der Waals surface area contributed by atoms with Crippen LogP contribution in [-0.2, 0) is 16.0 Å². The van der Waals surface area contributed by atoms with Crippen molar-refractivity contribution in [3.8, 4) is 5.75 Å². The third-order valence-corrected chi connectivity index (χ3v) is 5.80. The molecule has 0 spiro atoms. The van der Waals surface area contributed by atoms with Crippen LogP contribution in [0.2, 0.25) is 0 Å². The van der Waals surface area contributed by atoms with E-state index in [9.17, 15) is 19.2 Å². The minimum atomic E-state index is -0.926. The molecule has 0 amide bonds. The number of ether oxygens (including phenoxy) is 1. The second-order valence-electron chi connectivity index (χ2n) is 8.51. The predicted molar refractivity (Wildman–Crippen MR) is 143 cm³/mol. The van der Waals surface area contributed by atoms with Gasteiger partial charge in [0.1, 0.15) is 28.1 Å². The molecule has 8 heteroatoms. The molecule has 0 fully saturated rings. The zero-order valence-electron chi connectivity index (χ0n) is 20.1. The summed E-state index contributed by atoms with van der Waals surface area (Å²) in [5.41, 5.74) is 2.33. The smallest absolute Gasteiger partial charge is 0.308 e. The number of carboxylic acid groups (broad SMARTS) is 1. The lowest BCUT2D eigenvalue weighted by Crippen LogP contribution is -2.04. The Morgan fingerprint density at radius 2 is 1.18 bits per heavy atom. The van der Waals surface area contributed by atoms with Gasteiger partial charge in [-0.2, -0.15) is 0 Å². The fourth-order valence-electron chi connectivity index (χ4n) is 4.15. The highest BCUT2D eigenvalue weighted by Gasteiger charge is 2.10. The number of hydrogen-bond acceptors (Lipinski definition) is 7. The van der Waals surface area contributed by atoms with Crippen molar-refractivity contribution in [3.63, 3.8) is 0 Å². The molecule has 0 bridgehead atoms. The molecule has 0 radical (unpaired) electrons. The molecule has 2 heterocycles. The van der Waals surface area contributed by atoms with Gasteiger partial charge in [0.05, 0.1) is 28.0 Å². The van der Waals surface area contributed by atoms with E-state index >= 15 is 0 Å². The number of carbonyl (C=O) groups excluding carboxylic acids is 1. The molecule has 6 rings (SSSR count). The van der Waals surface area contributed by atoms with Gasteiger partial charge < -0.3 is 18.7 Å². The highest BCUT2D eigenvalue weighted by molar-refractivity contribution is 5.91. The van der Waals surface area contributed by atoms with E-state index in [2.05, 4.69) is 0 Å². The maximum absolute atomic E-state index is 12.3. The van der Waals surface area contributed by atoms with Gasteiger partial charge in [0.15, 0.2) is 0 Å². The van der Waals surface area contributed by atoms with Crippen LogP contribution in [-0.4, -0.2) is 17.0 Å². The van der Waals surface area contributed by atoms with Gasteiger partial charge in [-0.3, -0.25) is 19.2 Å². The molecule has 8 nitrogen and oxygen atoms in total. The fourth-order valence-corrected chi connectivity index (χ4v) is 4.15. The number of aliphatic carboxylic acids is 1. The van der Waals surface area contributed by atoms with E-state index in [1.54, 1.807) is 72.8 Å². The third-order valence-electron chi connectivity index (χ3n) is 5.80. The van der Waals surface area contributed by atoms with Gasteiger partial charge in [-0.05, 0) is 60.2 Å². The maximum Gasteiger partial charge on any atom is 0.308 e. The number of esters is 1. The number of para-hydroxylation sites is 2. The molecular formula is C30H20O8. The van der Waals surface area contributed by atoms with Crippen LogP contribution >= 0.6 is 0 Å². The summed E-state index contributed by atoms with van der Waals surface area (Å²) in [5, 5.41) is 10.6. The second-order valence-corrected chi connectivity index (χ2v) is 8.51. The predicted octanol–water partition coefficient (Wildman–Crippen LogP) is 5.44. The summed E-state index contributed by atoms with van der Waals surface area (Å²) in [5.74, 6) is -1.02. The van der Waals surface area contributed by atoms with Gasteiger partial charge in [0, 0.05) is 6.92 Å². The van der Waals surface area contributed by atoms with Gasteiger partial charge in [0.25, 0.3) is 0 Å². The average molecular weight is 508 g/mol. The summed E-state index contributed by atoms with van der Waals surface area (Å²) in [6.45, 7) is 1.31. The van der Waals surface area contributed by atoms with Crippen LogP contribution in [0.15, 0.2) is 103 Å². The highest BCUT2D eigenvalue weighted by Crippen LogP contribution is 2.23. The van der Waals surface area contributed by atoms with Gasteiger partial charge >= 0.3 is 11.9 Å². The normalized spacial score (nSPS) is 10.9. The van der Waals surface area contributed by atoms with Crippen molar-refractivity contribution < 1.29 is 28.3 Å². The summed E-state index contributed by atoms with van der Waals surface area (Å²) < 4.78 is 16.3. The van der Waals surface area contributed by atoms with Gasteiger partial charge in [-0.25, -0.2) is 0 Å². The summed E-state index contributed by atoms with van der Waals surface area (Å²) in [7, 11) is 0. The number of carboxylic acids is 1. The van der Waals surface area contributed by atoms with E-state index in [-0.39, 0.29) is 17.3 Å². The minimum Gasteiger partial charge on any atom is -0.481 e. The molecule has 1 N–H and O–H groups in total. The van der Waals surface area contributed by atoms with Gasteiger partial charge in [0.2, 0.25) is 10.9 Å². The van der Waals surface area contributed by atoms with Crippen LogP contribution in [0, 0.1) is 0 Å². The zero-order chi connectivity index (χ0) is 26.8. The average Bonchev–Trinajstić information content (AvgIpc) is 2.90. The largest absolute Gasteiger partial charge is 0.481 e. The number of carbonyl (C=O) groups is 2. The maximum atomic E-state index is 12.3. The quantitative estimate of drug-likeness (QED) is 0.190. The van der Waals surface area contributed by atoms with Crippen molar-refractivity contribution >= 4 is 55.8 Å². The lowest BCUT2D eigenvalue weighted by atomic mass is 10.1. The standard InChI is InChI=1S/2C15H10O4/c1-9(16)18-10-6-7-14-12(8-10)15(17)11-4-2-3-5-13(11)19-14;16-14(17)8-9-5-6-13-11(7-9)15(18)10-3-1-2-4-12(10)19-13/h2-8H,1H3;1-7H,8H2,(H,16,17). The highest BCUT2D eigenvalue weighted by atomic mass is 16.5. The first kappa shape index (κ1) is 24.5. The molecule has 0 aliphatic rings. The molecule has 2 aromatic heterocycles. The van der Waals surface area contributed by atoms with E-state index in [1.165, 1.54) is 13.0 Å². The van der Waals surface area contributed by atoms with E-state index in [0.29, 0.717) is 55.2 Å². The van der Waals surface area contributed by atoms with Crippen LogP contribution < -0.4 is 15.6 Å². The molecule has 38 heavy (non-hydrogen) atoms. The molecule has 0 atom stereocenters. The molecule has 0 aliphatic heterocycles. The molecule has 0 saturated heterocycles. The molecule has 0 unspecified atom stereocenters. The van der Waals surface area contributed by atoms with Crippen LogP contribution in [0.5, 0.6) is 5.75 Å². The summed E-state index contributed by atoms with van der Waals surface area (Å²) in [4.78, 5) is 46.3. The topological polar surface area (TPSA) is 124 Å². The van der Waals surface area contributed by atoms with E-state index < -0.39 is 11.9 Å². The Hall–Kier alpha value is -5.24. The van der Waals surface area contributed by atoms with Crippen molar-refractivity contribution in [3.05, 3.63) is 111 Å². The number of benzene rings is 4. The number of hydrogen-bond donors (Lipinski definition) is 1. The zero-order valence-corrected chi connectivity index (χ0v) is 20.1. The first-order chi connectivity index (χ1) is 18.3. The van der Waals surface area contributed by atoms with Crippen LogP contribution in [0.1, 0.15) is 12.5 Å². The fraction of sp³-hybridized carbons (Fsp3) is 0.0667. The van der Waals surface area contributed by atoms with E-state index in [0.717, 1.165) is 0 Å². The van der Waals surface area contributed by atoms with Crippen LogP contribution in [0.4, 0.5) is 0 Å². The van der Waals surface area contributed by atoms with E-state index in [4.69, 9.17) is 18.7 Å².